The topological polar surface area (TPSA) is 55.3 Å². The molecule has 2 rings (SSSR count). The number of hydrogen-bond donors (Lipinski definition) is 1. The fourth-order valence-corrected chi connectivity index (χ4v) is 1.37. The smallest absolute Gasteiger partial charge is 0.176 e. The van der Waals surface area contributed by atoms with Crippen molar-refractivity contribution in [2.45, 2.75) is 0 Å². The van der Waals surface area contributed by atoms with Gasteiger partial charge in [0, 0.05) is 14.1 Å². The number of nitrogen functional groups attached to an aromatic ring is 1. The van der Waals surface area contributed by atoms with Crippen molar-refractivity contribution in [3.63, 3.8) is 0 Å². The molecule has 0 aliphatic rings. The molecule has 2 aromatic rings. The summed E-state index contributed by atoms with van der Waals surface area (Å²) in [7, 11) is 3.92. The molecule has 4 nitrogen and oxygen atoms in total. The lowest BCUT2D eigenvalue weighted by atomic mass is 10.2. The molecule has 0 unspecified atom stereocenters. The van der Waals surface area contributed by atoms with Crippen LogP contribution in [0.5, 0.6) is 0 Å². The van der Waals surface area contributed by atoms with Crippen LogP contribution in [0.15, 0.2) is 22.7 Å². The van der Waals surface area contributed by atoms with Gasteiger partial charge in [-0.1, -0.05) is 11.2 Å². The number of fused-ring (bicyclic) bond motifs is 1. The summed E-state index contributed by atoms with van der Waals surface area (Å²) in [6.07, 6.45) is 0. The fraction of sp³-hybridized carbons (Fsp3) is 0.222. The third-order valence-electron chi connectivity index (χ3n) is 1.98. The molecule has 1 aromatic carbocycles. The van der Waals surface area contributed by atoms with Crippen molar-refractivity contribution in [2.24, 2.45) is 0 Å². The second-order valence-corrected chi connectivity index (χ2v) is 3.11. The molecule has 0 aliphatic carbocycles. The Kier molecular flexibility index (Phi) is 1.62. The number of nitrogens with two attached hydrogens (primary N) is 1. The van der Waals surface area contributed by atoms with Gasteiger partial charge in [-0.05, 0) is 12.1 Å². The van der Waals surface area contributed by atoms with Gasteiger partial charge >= 0.3 is 0 Å². The first-order chi connectivity index (χ1) is 6.20. The predicted octanol–water partition coefficient (Wildman–Crippen LogP) is 1.48. The van der Waals surface area contributed by atoms with E-state index in [9.17, 15) is 0 Å². The SMILES string of the molecule is CN(C)c1cccc2onc(N)c12. The standard InChI is InChI=1S/C9H11N3O/c1-12(2)6-4-3-5-7-8(6)9(10)11-13-7/h3-5H,1-2H3,(H2,10,11). The van der Waals surface area contributed by atoms with Gasteiger partial charge in [0.2, 0.25) is 0 Å². The monoisotopic (exact) mass is 177 g/mol. The Balaban J connectivity index is 2.80. The molecule has 0 aliphatic heterocycles. The molecule has 0 spiro atoms. The Bertz CT molecular complexity index is 433. The van der Waals surface area contributed by atoms with Gasteiger partial charge in [0.05, 0.1) is 11.1 Å². The maximum Gasteiger partial charge on any atom is 0.176 e. The molecule has 2 N–H and O–H groups in total. The van der Waals surface area contributed by atoms with E-state index in [-0.39, 0.29) is 0 Å². The molecule has 0 atom stereocenters. The highest BCUT2D eigenvalue weighted by atomic mass is 16.5. The number of aromatic nitrogens is 1. The summed E-state index contributed by atoms with van der Waals surface area (Å²) in [6, 6.07) is 5.75. The average Bonchev–Trinajstić information content (AvgIpc) is 2.48. The maximum absolute atomic E-state index is 5.68. The minimum Gasteiger partial charge on any atom is -0.380 e. The van der Waals surface area contributed by atoms with Gasteiger partial charge in [-0.15, -0.1) is 0 Å². The summed E-state index contributed by atoms with van der Waals surface area (Å²) in [6.45, 7) is 0. The first-order valence-corrected chi connectivity index (χ1v) is 4.01. The van der Waals surface area contributed by atoms with Crippen LogP contribution in [0.25, 0.3) is 11.0 Å². The van der Waals surface area contributed by atoms with Crippen LogP contribution in [-0.2, 0) is 0 Å². The van der Waals surface area contributed by atoms with Crippen LogP contribution in [0.3, 0.4) is 0 Å². The Morgan fingerprint density at radius 1 is 1.38 bits per heavy atom. The van der Waals surface area contributed by atoms with Crippen molar-refractivity contribution in [2.75, 3.05) is 24.7 Å². The average molecular weight is 177 g/mol. The van der Waals surface area contributed by atoms with Crippen molar-refractivity contribution in [1.82, 2.24) is 5.16 Å². The molecule has 0 saturated heterocycles. The summed E-state index contributed by atoms with van der Waals surface area (Å²) in [5.74, 6) is 0.444. The Morgan fingerprint density at radius 2 is 2.15 bits per heavy atom. The number of hydrogen-bond acceptors (Lipinski definition) is 4. The van der Waals surface area contributed by atoms with E-state index in [1.165, 1.54) is 0 Å². The number of nitrogens with zero attached hydrogens (tertiary/aromatic N) is 2. The first-order valence-electron chi connectivity index (χ1n) is 4.01. The van der Waals surface area contributed by atoms with Crippen molar-refractivity contribution in [3.05, 3.63) is 18.2 Å². The second kappa shape index (κ2) is 2.65. The van der Waals surface area contributed by atoms with E-state index in [2.05, 4.69) is 5.16 Å². The second-order valence-electron chi connectivity index (χ2n) is 3.11. The molecular weight excluding hydrogens is 166 g/mol. The third kappa shape index (κ3) is 1.11. The summed E-state index contributed by atoms with van der Waals surface area (Å²) in [5, 5.41) is 4.60. The maximum atomic E-state index is 5.68. The molecule has 0 fully saturated rings. The first kappa shape index (κ1) is 7.91. The zero-order valence-electron chi connectivity index (χ0n) is 7.61. The third-order valence-corrected chi connectivity index (χ3v) is 1.98. The molecule has 4 heteroatoms. The van der Waals surface area contributed by atoms with Gasteiger partial charge in [-0.3, -0.25) is 0 Å². The van der Waals surface area contributed by atoms with E-state index in [0.717, 1.165) is 16.7 Å². The zero-order chi connectivity index (χ0) is 9.42. The molecular formula is C9H11N3O. The lowest BCUT2D eigenvalue weighted by molar-refractivity contribution is 0.460. The molecule has 1 heterocycles. The van der Waals surface area contributed by atoms with Crippen molar-refractivity contribution < 1.29 is 4.52 Å². The number of rotatable bonds is 1. The lowest BCUT2D eigenvalue weighted by Gasteiger charge is -2.12. The van der Waals surface area contributed by atoms with E-state index in [1.807, 2.05) is 37.2 Å². The molecule has 0 saturated carbocycles. The molecule has 0 amide bonds. The van der Waals surface area contributed by atoms with Crippen molar-refractivity contribution in [3.8, 4) is 0 Å². The number of anilines is 2. The molecule has 1 aromatic heterocycles. The van der Waals surface area contributed by atoms with Crippen LogP contribution in [0, 0.1) is 0 Å². The Hall–Kier alpha value is -1.71. The summed E-state index contributed by atoms with van der Waals surface area (Å²) in [4.78, 5) is 1.98. The van der Waals surface area contributed by atoms with Gasteiger partial charge in [-0.25, -0.2) is 0 Å². The highest BCUT2D eigenvalue weighted by molar-refractivity contribution is 5.98. The van der Waals surface area contributed by atoms with E-state index in [1.54, 1.807) is 0 Å². The summed E-state index contributed by atoms with van der Waals surface area (Å²) in [5.41, 5.74) is 7.43. The Labute approximate surface area is 75.9 Å². The quantitative estimate of drug-likeness (QED) is 0.716. The molecule has 13 heavy (non-hydrogen) atoms. The highest BCUT2D eigenvalue weighted by Gasteiger charge is 2.10. The minimum atomic E-state index is 0.444. The van der Waals surface area contributed by atoms with Crippen LogP contribution in [0.2, 0.25) is 0 Å². The summed E-state index contributed by atoms with van der Waals surface area (Å²) < 4.78 is 5.04. The fourth-order valence-electron chi connectivity index (χ4n) is 1.37. The summed E-state index contributed by atoms with van der Waals surface area (Å²) >= 11 is 0. The largest absolute Gasteiger partial charge is 0.380 e. The van der Waals surface area contributed by atoms with Crippen LogP contribution in [0.4, 0.5) is 11.5 Å². The van der Waals surface area contributed by atoms with Crippen molar-refractivity contribution in [1.29, 1.82) is 0 Å². The number of benzene rings is 1. The van der Waals surface area contributed by atoms with Gasteiger partial charge < -0.3 is 15.2 Å². The van der Waals surface area contributed by atoms with Crippen LogP contribution in [-0.4, -0.2) is 19.3 Å². The van der Waals surface area contributed by atoms with E-state index >= 15 is 0 Å². The van der Waals surface area contributed by atoms with E-state index < -0.39 is 0 Å². The molecule has 68 valence electrons. The Morgan fingerprint density at radius 3 is 2.85 bits per heavy atom. The molecule has 0 bridgehead atoms. The van der Waals surface area contributed by atoms with E-state index in [0.29, 0.717) is 5.82 Å². The molecule has 0 radical (unpaired) electrons. The van der Waals surface area contributed by atoms with Crippen LogP contribution < -0.4 is 10.6 Å². The van der Waals surface area contributed by atoms with Gasteiger partial charge in [0.25, 0.3) is 0 Å². The van der Waals surface area contributed by atoms with Gasteiger partial charge in [0.1, 0.15) is 0 Å². The minimum absolute atomic E-state index is 0.444. The van der Waals surface area contributed by atoms with Crippen LogP contribution in [0.1, 0.15) is 0 Å². The van der Waals surface area contributed by atoms with E-state index in [4.69, 9.17) is 10.3 Å². The van der Waals surface area contributed by atoms with Gasteiger partial charge in [-0.2, -0.15) is 0 Å². The lowest BCUT2D eigenvalue weighted by Crippen LogP contribution is -2.09. The van der Waals surface area contributed by atoms with Crippen molar-refractivity contribution >= 4 is 22.5 Å². The predicted molar refractivity (Wildman–Crippen MR) is 52.7 cm³/mol. The van der Waals surface area contributed by atoms with Gasteiger partial charge in [0.15, 0.2) is 11.4 Å². The highest BCUT2D eigenvalue weighted by Crippen LogP contribution is 2.29. The zero-order valence-corrected chi connectivity index (χ0v) is 7.61. The van der Waals surface area contributed by atoms with Crippen LogP contribution >= 0.6 is 0 Å². The normalized spacial score (nSPS) is 10.6.